The Bertz CT molecular complexity index is 393. The van der Waals surface area contributed by atoms with Crippen molar-refractivity contribution < 1.29 is 50.6 Å². The zero-order valence-corrected chi connectivity index (χ0v) is 10.9. The van der Waals surface area contributed by atoms with E-state index in [0.717, 1.165) is 0 Å². The fourth-order valence-corrected chi connectivity index (χ4v) is 0. The van der Waals surface area contributed by atoms with Crippen LogP contribution in [0.2, 0.25) is 0 Å². The van der Waals surface area contributed by atoms with Gasteiger partial charge in [-0.05, 0) is 6.92 Å². The van der Waals surface area contributed by atoms with Crippen molar-refractivity contribution in [1.82, 2.24) is 0 Å². The van der Waals surface area contributed by atoms with Crippen molar-refractivity contribution in [1.29, 1.82) is 0 Å². The molecule has 0 aromatic carbocycles. The van der Waals surface area contributed by atoms with Gasteiger partial charge < -0.3 is 0 Å². The van der Waals surface area contributed by atoms with Crippen LogP contribution in [0, 0.1) is 0 Å². The molecule has 0 aliphatic heterocycles. The van der Waals surface area contributed by atoms with Gasteiger partial charge in [0.15, 0.2) is 0 Å². The lowest BCUT2D eigenvalue weighted by atomic mass is 10.8. The highest BCUT2D eigenvalue weighted by Crippen LogP contribution is 1.75. The number of rotatable bonds is 0. The van der Waals surface area contributed by atoms with Crippen LogP contribution in [0.3, 0.4) is 0 Å². The van der Waals surface area contributed by atoms with Crippen molar-refractivity contribution in [2.75, 3.05) is 0 Å². The fourth-order valence-electron chi connectivity index (χ4n) is 0. The molecule has 0 aromatic rings. The van der Waals surface area contributed by atoms with Crippen LogP contribution in [0.4, 0.5) is 11.7 Å². The van der Waals surface area contributed by atoms with E-state index in [2.05, 4.69) is 6.58 Å². The Kier molecular flexibility index (Phi) is 16.4. The minimum atomic E-state index is -5.17. The molecule has 0 aliphatic carbocycles. The summed E-state index contributed by atoms with van der Waals surface area (Å²) >= 11 is 0. The first-order valence-corrected chi connectivity index (χ1v) is 7.02. The highest BCUT2D eigenvalue weighted by molar-refractivity contribution is 7.80. The number of halogens is 3. The van der Waals surface area contributed by atoms with Crippen LogP contribution in [-0.2, 0) is 31.5 Å². The Labute approximate surface area is 102 Å². The molecule has 15 heteroatoms. The van der Waals surface area contributed by atoms with Crippen LogP contribution in [-0.4, -0.2) is 38.9 Å². The molecule has 0 saturated heterocycles. The van der Waals surface area contributed by atoms with Gasteiger partial charge in [0, 0.05) is 0 Å². The zero-order chi connectivity index (χ0) is 16.2. The lowest BCUT2D eigenvalue weighted by molar-refractivity contribution is 0.432. The Morgan fingerprint density at radius 1 is 0.778 bits per heavy atom. The van der Waals surface area contributed by atoms with Crippen LogP contribution < -0.4 is 0 Å². The predicted octanol–water partition coefficient (Wildman–Crippen LogP) is 0.468. The van der Waals surface area contributed by atoms with Crippen molar-refractivity contribution >= 4 is 31.5 Å². The molecule has 114 valence electrons. The summed E-state index contributed by atoms with van der Waals surface area (Å²) in [7, 11) is -15.5. The molecule has 9 nitrogen and oxygen atoms in total. The third kappa shape index (κ3) is 5670. The maximum absolute atomic E-state index is 10.2. The van der Waals surface area contributed by atoms with Gasteiger partial charge in [-0.1, -0.05) is 17.7 Å². The molecule has 0 radical (unpaired) electrons. The highest BCUT2D eigenvalue weighted by Gasteiger charge is 1.90. The Hall–Kier alpha value is -0.740. The van der Waals surface area contributed by atoms with Gasteiger partial charge >= 0.3 is 31.5 Å². The zero-order valence-electron chi connectivity index (χ0n) is 8.43. The smallest absolute Gasteiger partial charge is 0.260 e. The molecule has 0 fully saturated rings. The van der Waals surface area contributed by atoms with Crippen LogP contribution in [0.25, 0.3) is 0 Å². The molecule has 0 spiro atoms. The Morgan fingerprint density at radius 3 is 0.778 bits per heavy atom. The quantitative estimate of drug-likeness (QED) is 0.322. The van der Waals surface area contributed by atoms with E-state index in [9.17, 15) is 11.7 Å². The summed E-state index contributed by atoms with van der Waals surface area (Å²) in [5, 5.41) is 0. The summed E-state index contributed by atoms with van der Waals surface area (Å²) in [6, 6.07) is 0. The van der Waals surface area contributed by atoms with E-state index in [1.54, 1.807) is 6.08 Å². The van der Waals surface area contributed by atoms with E-state index in [4.69, 9.17) is 38.9 Å². The summed E-state index contributed by atoms with van der Waals surface area (Å²) in [5.41, 5.74) is 0. The van der Waals surface area contributed by atoms with Crippen molar-refractivity contribution in [2.24, 2.45) is 0 Å². The summed E-state index contributed by atoms with van der Waals surface area (Å²) in [6.07, 6.45) is 1.75. The van der Waals surface area contributed by atoms with E-state index >= 15 is 0 Å². The van der Waals surface area contributed by atoms with E-state index in [-0.39, 0.29) is 0 Å². The molecule has 0 heterocycles. The van der Waals surface area contributed by atoms with E-state index in [1.807, 2.05) is 6.92 Å². The monoisotopic (exact) mass is 342 g/mol. The SMILES string of the molecule is C=CC.O=S(=O)(O)F.O=S(=O)(O)F.O=S(=O)(O)F. The van der Waals surface area contributed by atoms with Gasteiger partial charge in [0.25, 0.3) is 0 Å². The largest absolute Gasteiger partial charge is 0.435 e. The van der Waals surface area contributed by atoms with Crippen molar-refractivity contribution in [2.45, 2.75) is 6.92 Å². The molecule has 0 aromatic heterocycles. The topological polar surface area (TPSA) is 163 Å². The molecule has 0 atom stereocenters. The maximum Gasteiger partial charge on any atom is 0.435 e. The molecular formula is C3H9F3O9S3. The van der Waals surface area contributed by atoms with Gasteiger partial charge in [-0.25, -0.2) is 0 Å². The number of hydrogen-bond donors (Lipinski definition) is 3. The summed E-state index contributed by atoms with van der Waals surface area (Å²) in [6.45, 7) is 5.25. The molecular weight excluding hydrogens is 333 g/mol. The Morgan fingerprint density at radius 2 is 0.778 bits per heavy atom. The van der Waals surface area contributed by atoms with E-state index < -0.39 is 31.5 Å². The van der Waals surface area contributed by atoms with Crippen LogP contribution in [0.15, 0.2) is 12.7 Å². The van der Waals surface area contributed by atoms with Gasteiger partial charge in [-0.15, -0.1) is 6.58 Å². The van der Waals surface area contributed by atoms with Gasteiger partial charge in [-0.2, -0.15) is 25.3 Å². The van der Waals surface area contributed by atoms with Gasteiger partial charge in [0.2, 0.25) is 0 Å². The molecule has 0 aliphatic rings. The predicted molar refractivity (Wildman–Crippen MR) is 53.8 cm³/mol. The second-order valence-corrected chi connectivity index (χ2v) is 4.12. The van der Waals surface area contributed by atoms with Gasteiger partial charge in [-0.3, -0.25) is 13.7 Å². The molecule has 0 rings (SSSR count). The maximum atomic E-state index is 10.2. The molecule has 0 saturated carbocycles. The van der Waals surface area contributed by atoms with Crippen LogP contribution in [0.5, 0.6) is 0 Å². The fraction of sp³-hybridized carbons (Fsp3) is 0.333. The van der Waals surface area contributed by atoms with Crippen molar-refractivity contribution in [3.63, 3.8) is 0 Å². The van der Waals surface area contributed by atoms with Crippen molar-refractivity contribution in [3.05, 3.63) is 12.7 Å². The standard InChI is InChI=1S/C3H6.3FHO3S/c1-3-2;3*1-5(2,3)4/h3H,1H2,2H3;3*(H,2,3,4). The number of allylic oxidation sites excluding steroid dienone is 1. The minimum absolute atomic E-state index is 1.75. The second kappa shape index (κ2) is 11.4. The van der Waals surface area contributed by atoms with Crippen molar-refractivity contribution in [3.8, 4) is 0 Å². The first kappa shape index (κ1) is 26.0. The lowest BCUT2D eigenvalue weighted by Gasteiger charge is -1.63. The highest BCUT2D eigenvalue weighted by atomic mass is 32.3. The van der Waals surface area contributed by atoms with Gasteiger partial charge in [0.1, 0.15) is 0 Å². The van der Waals surface area contributed by atoms with E-state index in [1.165, 1.54) is 0 Å². The summed E-state index contributed by atoms with van der Waals surface area (Å²) < 4.78 is 102. The molecule has 0 amide bonds. The Balaban J connectivity index is -0.0000000739. The van der Waals surface area contributed by atoms with E-state index in [0.29, 0.717) is 0 Å². The molecule has 18 heavy (non-hydrogen) atoms. The average molecular weight is 342 g/mol. The third-order valence-electron chi connectivity index (χ3n) is 0. The van der Waals surface area contributed by atoms with Gasteiger partial charge in [0.05, 0.1) is 0 Å². The third-order valence-corrected chi connectivity index (χ3v) is 0. The normalized spacial score (nSPS) is 10.4. The first-order valence-electron chi connectivity index (χ1n) is 3.00. The minimum Gasteiger partial charge on any atom is -0.260 e. The van der Waals surface area contributed by atoms with Crippen LogP contribution in [0.1, 0.15) is 6.92 Å². The first-order chi connectivity index (χ1) is 7.41. The lowest BCUT2D eigenvalue weighted by Crippen LogP contribution is -1.80. The average Bonchev–Trinajstić information content (AvgIpc) is 1.71. The molecule has 3 N–H and O–H groups in total. The second-order valence-electron chi connectivity index (χ2n) is 1.64. The summed E-state index contributed by atoms with van der Waals surface area (Å²) in [5.74, 6) is 0. The summed E-state index contributed by atoms with van der Waals surface area (Å²) in [4.78, 5) is 0. The van der Waals surface area contributed by atoms with Crippen LogP contribution >= 0.6 is 0 Å². The number of hydrogen-bond acceptors (Lipinski definition) is 6. The molecule has 0 bridgehead atoms. The molecule has 0 unspecified atom stereocenters.